The maximum absolute atomic E-state index is 13.5. The molecule has 3 rings (SSSR count). The lowest BCUT2D eigenvalue weighted by atomic mass is 9.98. The second-order valence-electron chi connectivity index (χ2n) is 12.9. The molecule has 11 heteroatoms. The van der Waals surface area contributed by atoms with Gasteiger partial charge in [0.25, 0.3) is 0 Å². The van der Waals surface area contributed by atoms with Gasteiger partial charge in [0.15, 0.2) is 26.8 Å². The van der Waals surface area contributed by atoms with E-state index < -0.39 is 51.0 Å². The fourth-order valence-electron chi connectivity index (χ4n) is 4.67. The predicted octanol–water partition coefficient (Wildman–Crippen LogP) is 6.51. The molecule has 1 aliphatic heterocycles. The topological polar surface area (TPSA) is 116 Å². The Morgan fingerprint density at radius 2 is 1.40 bits per heavy atom. The number of esters is 3. The number of carbonyl (C=O) groups excluding carboxylic acids is 3. The molecule has 0 aliphatic carbocycles. The van der Waals surface area contributed by atoms with Crippen LogP contribution in [0.3, 0.4) is 0 Å². The molecule has 5 atom stereocenters. The van der Waals surface area contributed by atoms with Gasteiger partial charge in [-0.15, -0.1) is 6.58 Å². The third-order valence-electron chi connectivity index (χ3n) is 8.45. The first-order valence-electron chi connectivity index (χ1n) is 16.1. The molecule has 10 nitrogen and oxygen atoms in total. The highest BCUT2D eigenvalue weighted by atomic mass is 28.4. The molecule has 47 heavy (non-hydrogen) atoms. The lowest BCUT2D eigenvalue weighted by Crippen LogP contribution is -2.63. The van der Waals surface area contributed by atoms with Crippen LogP contribution < -0.4 is 0 Å². The van der Waals surface area contributed by atoms with Gasteiger partial charge in [-0.2, -0.15) is 0 Å². The monoisotopic (exact) mass is 670 g/mol. The van der Waals surface area contributed by atoms with Crippen molar-refractivity contribution in [2.45, 2.75) is 95.3 Å². The molecule has 1 fully saturated rings. The second kappa shape index (κ2) is 18.3. The van der Waals surface area contributed by atoms with Crippen LogP contribution in [0.5, 0.6) is 0 Å². The van der Waals surface area contributed by atoms with E-state index in [1.54, 1.807) is 60.7 Å². The number of hydrogen-bond donors (Lipinski definition) is 0. The van der Waals surface area contributed by atoms with E-state index in [2.05, 4.69) is 40.4 Å². The van der Waals surface area contributed by atoms with Crippen molar-refractivity contribution in [2.75, 3.05) is 26.9 Å². The van der Waals surface area contributed by atoms with E-state index in [0.717, 1.165) is 0 Å². The summed E-state index contributed by atoms with van der Waals surface area (Å²) >= 11 is 0. The summed E-state index contributed by atoms with van der Waals surface area (Å²) in [6, 6.07) is 17.2. The van der Waals surface area contributed by atoms with Crippen LogP contribution in [0.2, 0.25) is 18.1 Å². The highest BCUT2D eigenvalue weighted by Gasteiger charge is 2.52. The molecule has 2 aromatic rings. The largest absolute Gasteiger partial charge is 0.469 e. The van der Waals surface area contributed by atoms with Crippen LogP contribution in [0.4, 0.5) is 0 Å². The van der Waals surface area contributed by atoms with Gasteiger partial charge in [-0.05, 0) is 55.2 Å². The molecule has 0 amide bonds. The van der Waals surface area contributed by atoms with Crippen molar-refractivity contribution in [2.24, 2.45) is 0 Å². The Bertz CT molecular complexity index is 1280. The number of benzene rings is 2. The van der Waals surface area contributed by atoms with Crippen molar-refractivity contribution < 1.29 is 47.2 Å². The van der Waals surface area contributed by atoms with Crippen molar-refractivity contribution in [1.82, 2.24) is 0 Å². The molecule has 0 spiro atoms. The summed E-state index contributed by atoms with van der Waals surface area (Å²) < 4.78 is 42.5. The van der Waals surface area contributed by atoms with Gasteiger partial charge in [-0.25, -0.2) is 9.59 Å². The van der Waals surface area contributed by atoms with Crippen molar-refractivity contribution >= 4 is 26.2 Å². The Labute approximate surface area is 279 Å². The summed E-state index contributed by atoms with van der Waals surface area (Å²) in [6.45, 7) is 14.9. The van der Waals surface area contributed by atoms with E-state index in [1.807, 2.05) is 6.07 Å². The zero-order chi connectivity index (χ0) is 34.5. The Hall–Kier alpha value is -3.35. The molecular formula is C36H50O10Si. The normalized spacial score (nSPS) is 21.4. The summed E-state index contributed by atoms with van der Waals surface area (Å²) in [6.07, 6.45) is -1.17. The Morgan fingerprint density at radius 1 is 0.830 bits per heavy atom. The summed E-state index contributed by atoms with van der Waals surface area (Å²) in [5.41, 5.74) is 0.680. The molecule has 258 valence electrons. The quantitative estimate of drug-likeness (QED) is 0.0607. The first kappa shape index (κ1) is 38.1. The highest BCUT2D eigenvalue weighted by molar-refractivity contribution is 6.74. The van der Waals surface area contributed by atoms with E-state index in [9.17, 15) is 14.4 Å². The van der Waals surface area contributed by atoms with Crippen molar-refractivity contribution in [1.29, 1.82) is 0 Å². The summed E-state index contributed by atoms with van der Waals surface area (Å²) in [5, 5.41) is -0.0928. The van der Waals surface area contributed by atoms with Crippen LogP contribution >= 0.6 is 0 Å². The molecule has 0 N–H and O–H groups in total. The third kappa shape index (κ3) is 11.4. The number of carbonyl (C=O) groups is 3. The standard InChI is InChI=1S/C36H50O10Si/c1-8-23-41-31-30(45-33(38)26-18-12-9-13-19-26)28(25-43-47(6,7)36(2,3)4)44-35(42-24-17-11-16-22-29(37)40-5)32(31)46-34(39)27-20-14-10-15-21-27/h8-10,12-15,18-21,28,30-32,35H,1,11,16-17,22-25H2,2-7H3/t28-,30+,31+,32-,35-/m1/s1. The Morgan fingerprint density at radius 3 is 1.94 bits per heavy atom. The number of rotatable bonds is 17. The van der Waals surface area contributed by atoms with Crippen LogP contribution in [-0.2, 0) is 37.6 Å². The molecule has 0 radical (unpaired) electrons. The summed E-state index contributed by atoms with van der Waals surface area (Å²) in [5.74, 6) is -1.46. The zero-order valence-electron chi connectivity index (χ0n) is 28.5. The summed E-state index contributed by atoms with van der Waals surface area (Å²) in [7, 11) is -0.909. The molecular weight excluding hydrogens is 620 g/mol. The molecule has 0 aromatic heterocycles. The minimum atomic E-state index is -2.27. The number of hydrogen-bond acceptors (Lipinski definition) is 10. The average molecular weight is 671 g/mol. The van der Waals surface area contributed by atoms with Crippen LogP contribution in [0, 0.1) is 0 Å². The van der Waals surface area contributed by atoms with Gasteiger partial charge >= 0.3 is 17.9 Å². The third-order valence-corrected chi connectivity index (χ3v) is 13.0. The van der Waals surface area contributed by atoms with Crippen LogP contribution in [-0.4, -0.2) is 83.9 Å². The van der Waals surface area contributed by atoms with E-state index in [-0.39, 0.29) is 30.8 Å². The zero-order valence-corrected chi connectivity index (χ0v) is 29.5. The molecule has 1 saturated heterocycles. The molecule has 1 aliphatic rings. The fourth-order valence-corrected chi connectivity index (χ4v) is 5.69. The first-order chi connectivity index (χ1) is 22.4. The van der Waals surface area contributed by atoms with E-state index in [4.69, 9.17) is 32.8 Å². The minimum absolute atomic E-state index is 0.0828. The van der Waals surface area contributed by atoms with Gasteiger partial charge < -0.3 is 32.8 Å². The first-order valence-corrected chi connectivity index (χ1v) is 19.0. The average Bonchev–Trinajstić information content (AvgIpc) is 3.06. The lowest BCUT2D eigenvalue weighted by molar-refractivity contribution is -0.304. The van der Waals surface area contributed by atoms with Gasteiger partial charge in [-0.3, -0.25) is 4.79 Å². The minimum Gasteiger partial charge on any atom is -0.469 e. The molecule has 0 unspecified atom stereocenters. The molecule has 2 aromatic carbocycles. The SMILES string of the molecule is C=CCO[C@H]1[C@@H](OC(=O)c2ccccc2)[C@@H](CO[Si](C)(C)C(C)(C)C)O[C@@H](OCCCCCC(=O)OC)[C@@H]1OC(=O)c1ccccc1. The maximum Gasteiger partial charge on any atom is 0.338 e. The lowest BCUT2D eigenvalue weighted by Gasteiger charge is -2.46. The van der Waals surface area contributed by atoms with Crippen LogP contribution in [0.15, 0.2) is 73.3 Å². The van der Waals surface area contributed by atoms with E-state index in [1.165, 1.54) is 7.11 Å². The molecule has 0 bridgehead atoms. The maximum atomic E-state index is 13.5. The van der Waals surface area contributed by atoms with Crippen LogP contribution in [0.25, 0.3) is 0 Å². The van der Waals surface area contributed by atoms with Crippen molar-refractivity contribution in [3.63, 3.8) is 0 Å². The Kier molecular flexibility index (Phi) is 14.8. The number of unbranched alkanes of at least 4 members (excludes halogenated alkanes) is 2. The molecule has 1 heterocycles. The predicted molar refractivity (Wildman–Crippen MR) is 179 cm³/mol. The van der Waals surface area contributed by atoms with Crippen LogP contribution in [0.1, 0.15) is 67.2 Å². The second-order valence-corrected chi connectivity index (χ2v) is 17.7. The van der Waals surface area contributed by atoms with Gasteiger partial charge in [0, 0.05) is 13.0 Å². The van der Waals surface area contributed by atoms with Crippen molar-refractivity contribution in [3.8, 4) is 0 Å². The van der Waals surface area contributed by atoms with E-state index >= 15 is 0 Å². The highest BCUT2D eigenvalue weighted by Crippen LogP contribution is 2.38. The van der Waals surface area contributed by atoms with Crippen molar-refractivity contribution in [3.05, 3.63) is 84.4 Å². The van der Waals surface area contributed by atoms with E-state index in [0.29, 0.717) is 36.8 Å². The molecule has 0 saturated carbocycles. The smallest absolute Gasteiger partial charge is 0.338 e. The number of ether oxygens (including phenoxy) is 6. The van der Waals surface area contributed by atoms with Gasteiger partial charge in [0.2, 0.25) is 0 Å². The summed E-state index contributed by atoms with van der Waals surface area (Å²) in [4.78, 5) is 38.4. The fraction of sp³-hybridized carbons (Fsp3) is 0.528. The van der Waals surface area contributed by atoms with Gasteiger partial charge in [0.1, 0.15) is 12.2 Å². The Balaban J connectivity index is 1.95. The van der Waals surface area contributed by atoms with Gasteiger partial charge in [-0.1, -0.05) is 69.7 Å². The number of methoxy groups -OCH3 is 1. The van der Waals surface area contributed by atoms with Gasteiger partial charge in [0.05, 0.1) is 31.5 Å².